The van der Waals surface area contributed by atoms with E-state index < -0.39 is 109 Å². The number of alkyl halides is 26. The lowest BCUT2D eigenvalue weighted by atomic mass is 9.91. The molecule has 488 valence electrons. The molecule has 0 aliphatic carbocycles. The number of hydrogen-bond acceptors (Lipinski definition) is 6. The van der Waals surface area contributed by atoms with Crippen LogP contribution in [0, 0.1) is 0 Å². The Balaban J connectivity index is 1.31. The maximum atomic E-state index is 14.0. The Kier molecular flexibility index (Phi) is 25.0. The minimum Gasteiger partial charge on any atom is -0.494 e. The van der Waals surface area contributed by atoms with Crippen LogP contribution in [0.4, 0.5) is 114 Å². The molecule has 0 aromatic heterocycles. The van der Waals surface area contributed by atoms with Gasteiger partial charge in [-0.25, -0.2) is 9.59 Å². The molecule has 0 aliphatic heterocycles. The van der Waals surface area contributed by atoms with Crippen molar-refractivity contribution in [1.29, 1.82) is 0 Å². The number of rotatable bonds is 37. The smallest absolute Gasteiger partial charge is 0.460 e. The molecule has 0 amide bonds. The second kappa shape index (κ2) is 29.0. The SMILES string of the molecule is C=Cc1cc(OC(=O)c2ccc(OCCCCCCCCCCC(F)(F)C(F)(F)C(F)(F)C(F)(F)C(F)(F)C(F)(F)F)cc2)ccc1OC(=O)c1ccc(OCCCCCCCCCCC(F)(F)C(F)(F)C(F)(F)C(F)(F)C(F)(F)C(F)(F)F)cc1. The third-order valence-corrected chi connectivity index (χ3v) is 13.1. The van der Waals surface area contributed by atoms with E-state index in [1.807, 2.05) is 0 Å². The molecule has 86 heavy (non-hydrogen) atoms. The first kappa shape index (κ1) is 74.4. The van der Waals surface area contributed by atoms with Crippen LogP contribution in [-0.2, 0) is 0 Å². The number of halogens is 26. The van der Waals surface area contributed by atoms with E-state index in [0.717, 1.165) is 0 Å². The third-order valence-electron chi connectivity index (χ3n) is 13.1. The first-order valence-corrected chi connectivity index (χ1v) is 25.9. The Morgan fingerprint density at radius 2 is 0.616 bits per heavy atom. The van der Waals surface area contributed by atoms with Crippen molar-refractivity contribution in [1.82, 2.24) is 0 Å². The van der Waals surface area contributed by atoms with Crippen LogP contribution < -0.4 is 18.9 Å². The zero-order valence-corrected chi connectivity index (χ0v) is 44.6. The van der Waals surface area contributed by atoms with E-state index in [4.69, 9.17) is 18.9 Å². The maximum Gasteiger partial charge on any atom is 0.460 e. The molecule has 6 nitrogen and oxygen atoms in total. The fraction of sp³-hybridized carbons (Fsp3) is 0.593. The predicted octanol–water partition coefficient (Wildman–Crippen LogP) is 20.0. The fourth-order valence-electron chi connectivity index (χ4n) is 7.86. The first-order valence-electron chi connectivity index (χ1n) is 25.9. The molecule has 3 aromatic carbocycles. The topological polar surface area (TPSA) is 71.1 Å². The van der Waals surface area contributed by atoms with Crippen LogP contribution in [0.2, 0.25) is 0 Å². The van der Waals surface area contributed by atoms with Crippen LogP contribution in [0.1, 0.15) is 142 Å². The van der Waals surface area contributed by atoms with Crippen molar-refractivity contribution >= 4 is 18.0 Å². The summed E-state index contributed by atoms with van der Waals surface area (Å²) in [5.41, 5.74) is 0.467. The van der Waals surface area contributed by atoms with Gasteiger partial charge in [0.05, 0.1) is 24.3 Å². The van der Waals surface area contributed by atoms with E-state index in [9.17, 15) is 124 Å². The zero-order chi connectivity index (χ0) is 65.7. The van der Waals surface area contributed by atoms with Gasteiger partial charge in [-0.15, -0.1) is 0 Å². The van der Waals surface area contributed by atoms with Gasteiger partial charge in [-0.3, -0.25) is 0 Å². The summed E-state index contributed by atoms with van der Waals surface area (Å²) in [5, 5.41) is 0. The lowest BCUT2D eigenvalue weighted by Crippen LogP contribution is -2.70. The first-order chi connectivity index (χ1) is 39.3. The molecule has 0 saturated heterocycles. The van der Waals surface area contributed by atoms with Crippen LogP contribution in [0.25, 0.3) is 6.08 Å². The lowest BCUT2D eigenvalue weighted by molar-refractivity contribution is -0.440. The summed E-state index contributed by atoms with van der Waals surface area (Å²) < 4.78 is 367. The van der Waals surface area contributed by atoms with Gasteiger partial charge >= 0.3 is 83.5 Å². The van der Waals surface area contributed by atoms with Crippen molar-refractivity contribution in [2.75, 3.05) is 13.2 Å². The Hall–Kier alpha value is -5.88. The Morgan fingerprint density at radius 1 is 0.337 bits per heavy atom. The number of carbonyl (C=O) groups excluding carboxylic acids is 2. The van der Waals surface area contributed by atoms with Gasteiger partial charge in [0.25, 0.3) is 0 Å². The van der Waals surface area contributed by atoms with Crippen molar-refractivity contribution < 1.29 is 143 Å². The highest BCUT2D eigenvalue weighted by atomic mass is 19.4. The van der Waals surface area contributed by atoms with Crippen molar-refractivity contribution in [3.8, 4) is 23.0 Å². The van der Waals surface area contributed by atoms with Crippen molar-refractivity contribution in [2.45, 2.75) is 187 Å². The molecule has 0 saturated carbocycles. The number of hydrogen-bond donors (Lipinski definition) is 0. The summed E-state index contributed by atoms with van der Waals surface area (Å²) in [6, 6.07) is 15.6. The molecule has 0 aliphatic rings. The van der Waals surface area contributed by atoms with E-state index >= 15 is 0 Å². The van der Waals surface area contributed by atoms with Gasteiger partial charge < -0.3 is 18.9 Å². The number of carbonyl (C=O) groups is 2. The van der Waals surface area contributed by atoms with Gasteiger partial charge in [-0.05, 0) is 92.4 Å². The number of unbranched alkanes of at least 4 members (excludes halogenated alkanes) is 14. The van der Waals surface area contributed by atoms with Crippen molar-refractivity contribution in [2.24, 2.45) is 0 Å². The van der Waals surface area contributed by atoms with E-state index in [-0.39, 0.29) is 67.1 Å². The molecule has 0 radical (unpaired) electrons. The summed E-state index contributed by atoms with van der Waals surface area (Å²) in [5.74, 6) is -74.5. The van der Waals surface area contributed by atoms with Gasteiger partial charge in [-0.1, -0.05) is 89.7 Å². The predicted molar refractivity (Wildman–Crippen MR) is 255 cm³/mol. The summed E-state index contributed by atoms with van der Waals surface area (Å²) in [4.78, 5) is 25.8. The monoisotopic (exact) mass is 1290 g/mol. The number of ether oxygens (including phenoxy) is 4. The largest absolute Gasteiger partial charge is 0.494 e. The fourth-order valence-corrected chi connectivity index (χ4v) is 7.86. The van der Waals surface area contributed by atoms with Gasteiger partial charge in [-0.2, -0.15) is 114 Å². The van der Waals surface area contributed by atoms with E-state index in [0.29, 0.717) is 75.7 Å². The Bertz CT molecular complexity index is 2630. The zero-order valence-electron chi connectivity index (χ0n) is 44.6. The van der Waals surface area contributed by atoms with E-state index in [1.165, 1.54) is 72.8 Å². The van der Waals surface area contributed by atoms with Crippen LogP contribution >= 0.6 is 0 Å². The third kappa shape index (κ3) is 17.0. The Labute approximate surface area is 473 Å². The molecule has 3 rings (SSSR count). The second-order valence-electron chi connectivity index (χ2n) is 19.6. The Morgan fingerprint density at radius 3 is 0.930 bits per heavy atom. The summed E-state index contributed by atoms with van der Waals surface area (Å²) >= 11 is 0. The molecule has 0 fully saturated rings. The van der Waals surface area contributed by atoms with E-state index in [2.05, 4.69) is 6.58 Å². The molecule has 0 spiro atoms. The van der Waals surface area contributed by atoms with Gasteiger partial charge in [0.1, 0.15) is 23.0 Å². The highest BCUT2D eigenvalue weighted by molar-refractivity contribution is 5.92. The van der Waals surface area contributed by atoms with Crippen LogP contribution in [0.5, 0.6) is 23.0 Å². The maximum absolute atomic E-state index is 14.0. The molecule has 0 atom stereocenters. The number of benzene rings is 3. The van der Waals surface area contributed by atoms with E-state index in [1.54, 1.807) is 0 Å². The van der Waals surface area contributed by atoms with Crippen molar-refractivity contribution in [3.63, 3.8) is 0 Å². The summed E-state index contributed by atoms with van der Waals surface area (Å²) in [6.45, 7) is 4.06. The average molecular weight is 1290 g/mol. The highest BCUT2D eigenvalue weighted by Crippen LogP contribution is 2.62. The minimum absolute atomic E-state index is 0.0449. The van der Waals surface area contributed by atoms with Gasteiger partial charge in [0, 0.05) is 18.4 Å². The van der Waals surface area contributed by atoms with Crippen LogP contribution in [0.15, 0.2) is 73.3 Å². The number of esters is 2. The van der Waals surface area contributed by atoms with Gasteiger partial charge in [0.2, 0.25) is 0 Å². The minimum atomic E-state index is -7.92. The highest BCUT2D eigenvalue weighted by Gasteiger charge is 2.92. The standard InChI is InChI=1S/C54H54F26O6/c1-2-34-33-39(85-41(81)35-19-23-37(24-20-35)83-31-17-13-9-5-3-7-11-15-29-43(55,56)45(59,60)47(63,64)49(67,68)51(71,72)53(75,76)77)27-28-40(34)86-42(82)36-21-25-38(26-22-36)84-32-18-14-10-6-4-8-12-16-30-44(57,58)46(61,62)48(65,66)50(69,70)52(73,74)54(78,79)80/h2,19-28,33H,1,3-18,29-32H2. The normalized spacial score (nSPS) is 13.8. The summed E-state index contributed by atoms with van der Waals surface area (Å²) in [7, 11) is 0. The second-order valence-corrected chi connectivity index (χ2v) is 19.6. The molecule has 0 heterocycles. The molecular formula is C54H54F26O6. The lowest BCUT2D eigenvalue weighted by Gasteiger charge is -2.39. The van der Waals surface area contributed by atoms with Crippen LogP contribution in [-0.4, -0.2) is 96.7 Å². The summed E-state index contributed by atoms with van der Waals surface area (Å²) in [6.07, 6.45) is -15.7. The molecule has 3 aromatic rings. The molecule has 32 heteroatoms. The molecular weight excluding hydrogens is 1240 g/mol. The van der Waals surface area contributed by atoms with Crippen molar-refractivity contribution in [3.05, 3.63) is 90.0 Å². The van der Waals surface area contributed by atoms with Crippen LogP contribution in [0.3, 0.4) is 0 Å². The quantitative estimate of drug-likeness (QED) is 0.0248. The molecule has 0 N–H and O–H groups in total. The average Bonchev–Trinajstić information content (AvgIpc) is 0.744. The molecule has 0 unspecified atom stereocenters. The molecule has 0 bridgehead atoms. The van der Waals surface area contributed by atoms with Gasteiger partial charge in [0.15, 0.2) is 0 Å².